The normalized spacial score (nSPS) is 13.3. The Morgan fingerprint density at radius 3 is 2.82 bits per heavy atom. The van der Waals surface area contributed by atoms with Crippen molar-refractivity contribution in [2.75, 3.05) is 6.54 Å². The Morgan fingerprint density at radius 1 is 1.36 bits per heavy atom. The lowest BCUT2D eigenvalue weighted by Gasteiger charge is -2.15. The lowest BCUT2D eigenvalue weighted by molar-refractivity contribution is 0.402. The molecule has 9 heteroatoms. The quantitative estimate of drug-likeness (QED) is 0.688. The monoisotopic (exact) mass is 401 g/mol. The van der Waals surface area contributed by atoms with Gasteiger partial charge in [0.05, 0.1) is 10.0 Å². The second-order valence-corrected chi connectivity index (χ2v) is 8.88. The first-order chi connectivity index (χ1) is 10.6. The van der Waals surface area contributed by atoms with E-state index in [0.29, 0.717) is 5.76 Å². The molecule has 0 saturated carbocycles. The number of aromatic nitrogens is 2. The smallest absolute Gasteiger partial charge is 0.250 e. The molecule has 0 spiro atoms. The topological polar surface area (TPSA) is 77.1 Å². The van der Waals surface area contributed by atoms with E-state index in [2.05, 4.69) is 25.8 Å². The molecule has 0 bridgehead atoms. The van der Waals surface area contributed by atoms with Gasteiger partial charge in [-0.1, -0.05) is 0 Å². The number of nitrogens with zero attached hydrogens (tertiary/aromatic N) is 2. The summed E-state index contributed by atoms with van der Waals surface area (Å²) < 4.78 is 35.3. The highest BCUT2D eigenvalue weighted by atomic mass is 79.9. The van der Waals surface area contributed by atoms with E-state index < -0.39 is 10.0 Å². The van der Waals surface area contributed by atoms with Gasteiger partial charge < -0.3 is 4.42 Å². The fourth-order valence-corrected chi connectivity index (χ4v) is 5.07. The second kappa shape index (κ2) is 6.37. The van der Waals surface area contributed by atoms with Crippen LogP contribution in [0.15, 0.2) is 61.4 Å². The van der Waals surface area contributed by atoms with Crippen molar-refractivity contribution in [3.05, 3.63) is 58.5 Å². The maximum atomic E-state index is 12.3. The van der Waals surface area contributed by atoms with Gasteiger partial charge >= 0.3 is 0 Å². The molecule has 0 aromatic carbocycles. The first-order valence-electron chi connectivity index (χ1n) is 6.34. The molecule has 0 aliphatic rings. The van der Waals surface area contributed by atoms with Crippen LogP contribution in [-0.4, -0.2) is 24.7 Å². The Labute approximate surface area is 139 Å². The molecule has 0 fully saturated rings. The molecule has 1 atom stereocenters. The minimum Gasteiger partial charge on any atom is -0.467 e. The molecule has 0 radical (unpaired) electrons. The first-order valence-corrected chi connectivity index (χ1v) is 9.43. The van der Waals surface area contributed by atoms with Gasteiger partial charge in [-0.25, -0.2) is 13.1 Å². The molecule has 0 aliphatic carbocycles. The zero-order valence-corrected chi connectivity index (χ0v) is 14.4. The van der Waals surface area contributed by atoms with Crippen LogP contribution in [0.1, 0.15) is 11.8 Å². The first kappa shape index (κ1) is 15.5. The van der Waals surface area contributed by atoms with E-state index >= 15 is 0 Å². The summed E-state index contributed by atoms with van der Waals surface area (Å²) in [6, 6.07) is 8.26. The van der Waals surface area contributed by atoms with Crippen LogP contribution in [0.3, 0.4) is 0 Å². The number of hydrogen-bond donors (Lipinski definition) is 1. The van der Waals surface area contributed by atoms with Gasteiger partial charge in [0.1, 0.15) is 16.0 Å². The third-order valence-corrected chi connectivity index (χ3v) is 6.53. The van der Waals surface area contributed by atoms with Crippen molar-refractivity contribution in [2.24, 2.45) is 0 Å². The number of nitrogens with one attached hydrogen (secondary N) is 1. The summed E-state index contributed by atoms with van der Waals surface area (Å²) in [5, 5.41) is 4.17. The SMILES string of the molecule is O=S(=O)(NCC(c1ccco1)n1cccn1)c1ccc(Br)s1. The van der Waals surface area contributed by atoms with Crippen LogP contribution in [0, 0.1) is 0 Å². The summed E-state index contributed by atoms with van der Waals surface area (Å²) in [7, 11) is -3.56. The summed E-state index contributed by atoms with van der Waals surface area (Å²) in [6.07, 6.45) is 4.96. The van der Waals surface area contributed by atoms with Gasteiger partial charge in [0, 0.05) is 18.9 Å². The van der Waals surface area contributed by atoms with E-state index in [1.54, 1.807) is 53.7 Å². The van der Waals surface area contributed by atoms with Gasteiger partial charge in [-0.2, -0.15) is 5.10 Å². The van der Waals surface area contributed by atoms with Gasteiger partial charge in [-0.05, 0) is 46.3 Å². The summed E-state index contributed by atoms with van der Waals surface area (Å²) >= 11 is 4.43. The van der Waals surface area contributed by atoms with E-state index in [-0.39, 0.29) is 16.8 Å². The molecule has 1 unspecified atom stereocenters. The summed E-state index contributed by atoms with van der Waals surface area (Å²) in [6.45, 7) is 0.146. The number of sulfonamides is 1. The predicted octanol–water partition coefficient (Wildman–Crippen LogP) is 2.87. The third kappa shape index (κ3) is 3.32. The van der Waals surface area contributed by atoms with Crippen molar-refractivity contribution in [1.29, 1.82) is 0 Å². The van der Waals surface area contributed by atoms with Crippen LogP contribution in [0.5, 0.6) is 0 Å². The number of thiophene rings is 1. The number of furan rings is 1. The van der Waals surface area contributed by atoms with E-state index in [9.17, 15) is 8.42 Å². The molecule has 116 valence electrons. The summed E-state index contributed by atoms with van der Waals surface area (Å²) in [4.78, 5) is 0. The maximum Gasteiger partial charge on any atom is 0.250 e. The molecule has 22 heavy (non-hydrogen) atoms. The highest BCUT2D eigenvalue weighted by molar-refractivity contribution is 9.11. The standard InChI is InChI=1S/C13H12BrN3O3S2/c14-12-4-5-13(21-12)22(18,19)16-9-10(11-3-1-8-20-11)17-7-2-6-15-17/h1-8,10,16H,9H2. The Balaban J connectivity index is 1.80. The molecule has 0 amide bonds. The number of rotatable bonds is 6. The molecule has 0 aliphatic heterocycles. The highest BCUT2D eigenvalue weighted by Crippen LogP contribution is 2.26. The molecule has 0 saturated heterocycles. The molecular formula is C13H12BrN3O3S2. The van der Waals surface area contributed by atoms with E-state index in [4.69, 9.17) is 4.42 Å². The lowest BCUT2D eigenvalue weighted by atomic mass is 10.2. The van der Waals surface area contributed by atoms with Gasteiger partial charge in [0.15, 0.2) is 0 Å². The molecule has 3 heterocycles. The highest BCUT2D eigenvalue weighted by Gasteiger charge is 2.22. The lowest BCUT2D eigenvalue weighted by Crippen LogP contribution is -2.31. The van der Waals surface area contributed by atoms with Gasteiger partial charge in [-0.15, -0.1) is 11.3 Å². The molecule has 6 nitrogen and oxygen atoms in total. The Kier molecular flexibility index (Phi) is 4.48. The average Bonchev–Trinajstić information content (AvgIpc) is 3.20. The van der Waals surface area contributed by atoms with Crippen molar-refractivity contribution in [3.63, 3.8) is 0 Å². The second-order valence-electron chi connectivity index (χ2n) is 4.43. The molecule has 3 rings (SSSR count). The van der Waals surface area contributed by atoms with Gasteiger partial charge in [0.25, 0.3) is 0 Å². The minimum atomic E-state index is -3.56. The van der Waals surface area contributed by atoms with Crippen LogP contribution < -0.4 is 4.72 Å². The number of hydrogen-bond acceptors (Lipinski definition) is 5. The van der Waals surface area contributed by atoms with E-state index in [0.717, 1.165) is 15.1 Å². The molecule has 3 aromatic heterocycles. The van der Waals surface area contributed by atoms with Crippen molar-refractivity contribution >= 4 is 37.3 Å². The largest absolute Gasteiger partial charge is 0.467 e. The Morgan fingerprint density at radius 2 is 2.23 bits per heavy atom. The predicted molar refractivity (Wildman–Crippen MR) is 86.3 cm³/mol. The zero-order chi connectivity index (χ0) is 15.6. The van der Waals surface area contributed by atoms with Crippen LogP contribution in [0.2, 0.25) is 0 Å². The van der Waals surface area contributed by atoms with Crippen molar-refractivity contribution in [1.82, 2.24) is 14.5 Å². The van der Waals surface area contributed by atoms with E-state index in [1.165, 1.54) is 0 Å². The Bertz CT molecular complexity index is 792. The van der Waals surface area contributed by atoms with Crippen molar-refractivity contribution in [2.45, 2.75) is 10.3 Å². The number of halogens is 1. The van der Waals surface area contributed by atoms with Crippen molar-refractivity contribution < 1.29 is 12.8 Å². The Hall–Kier alpha value is -1.42. The zero-order valence-electron chi connectivity index (χ0n) is 11.2. The molecular weight excluding hydrogens is 390 g/mol. The van der Waals surface area contributed by atoms with Crippen LogP contribution >= 0.6 is 27.3 Å². The fraction of sp³-hybridized carbons (Fsp3) is 0.154. The summed E-state index contributed by atoms with van der Waals surface area (Å²) in [5.41, 5.74) is 0. The molecule has 3 aromatic rings. The summed E-state index contributed by atoms with van der Waals surface area (Å²) in [5.74, 6) is 0.638. The van der Waals surface area contributed by atoms with E-state index in [1.807, 2.05) is 0 Å². The average molecular weight is 402 g/mol. The van der Waals surface area contributed by atoms with Crippen LogP contribution in [0.25, 0.3) is 0 Å². The van der Waals surface area contributed by atoms with Gasteiger partial charge in [0.2, 0.25) is 10.0 Å². The van der Waals surface area contributed by atoms with Crippen LogP contribution in [0.4, 0.5) is 0 Å². The van der Waals surface area contributed by atoms with Crippen molar-refractivity contribution in [3.8, 4) is 0 Å². The minimum absolute atomic E-state index is 0.146. The third-order valence-electron chi connectivity index (χ3n) is 3.00. The van der Waals surface area contributed by atoms with Crippen LogP contribution in [-0.2, 0) is 10.0 Å². The van der Waals surface area contributed by atoms with Gasteiger partial charge in [-0.3, -0.25) is 4.68 Å². The maximum absolute atomic E-state index is 12.3. The molecule has 1 N–H and O–H groups in total. The fourth-order valence-electron chi connectivity index (χ4n) is 1.97.